The minimum atomic E-state index is -2.68. The lowest BCUT2D eigenvalue weighted by atomic mass is 9.85. The van der Waals surface area contributed by atoms with Crippen molar-refractivity contribution in [1.29, 1.82) is 0 Å². The van der Waals surface area contributed by atoms with E-state index in [1.807, 2.05) is 13.8 Å². The third-order valence-corrected chi connectivity index (χ3v) is 3.24. The van der Waals surface area contributed by atoms with Crippen molar-refractivity contribution < 1.29 is 13.6 Å². The molecule has 1 atom stereocenters. The first-order valence-corrected chi connectivity index (χ1v) is 6.16. The van der Waals surface area contributed by atoms with Gasteiger partial charge in [-0.15, -0.1) is 0 Å². The van der Waals surface area contributed by atoms with Crippen molar-refractivity contribution in [3.63, 3.8) is 0 Å². The van der Waals surface area contributed by atoms with Crippen LogP contribution >= 0.6 is 0 Å². The summed E-state index contributed by atoms with van der Waals surface area (Å²) in [7, 11) is 0. The molecule has 0 aromatic carbocycles. The maximum absolute atomic E-state index is 13.2. The van der Waals surface area contributed by atoms with Gasteiger partial charge in [-0.2, -0.15) is 0 Å². The number of carbonyl (C=O) groups excluding carboxylic acids is 1. The maximum Gasteiger partial charge on any atom is 0.248 e. The summed E-state index contributed by atoms with van der Waals surface area (Å²) < 4.78 is 26.4. The van der Waals surface area contributed by atoms with Crippen LogP contribution in [0.4, 0.5) is 8.78 Å². The van der Waals surface area contributed by atoms with E-state index in [0.717, 1.165) is 0 Å². The average Bonchev–Trinajstić information content (AvgIpc) is 2.14. The monoisotopic (exact) mass is 248 g/mol. The number of amides is 1. The number of carbonyl (C=O) groups is 1. The lowest BCUT2D eigenvalue weighted by Gasteiger charge is -2.32. The molecule has 0 radical (unpaired) electrons. The molecule has 3 nitrogen and oxygen atoms in total. The molecule has 0 aliphatic heterocycles. The zero-order chi connectivity index (χ0) is 13.1. The van der Waals surface area contributed by atoms with Gasteiger partial charge in [0.25, 0.3) is 0 Å². The normalized spacial score (nSPS) is 24.4. The largest absolute Gasteiger partial charge is 0.351 e. The zero-order valence-electron chi connectivity index (χ0n) is 10.6. The van der Waals surface area contributed by atoms with Gasteiger partial charge >= 0.3 is 0 Å². The number of nitrogens with two attached hydrogens (primary N) is 1. The second-order valence-corrected chi connectivity index (χ2v) is 5.56. The molecule has 5 heteroatoms. The van der Waals surface area contributed by atoms with Crippen molar-refractivity contribution in [2.75, 3.05) is 6.54 Å². The van der Waals surface area contributed by atoms with Gasteiger partial charge in [-0.05, 0) is 39.7 Å². The number of nitrogens with one attached hydrogen (secondary N) is 1. The Bertz CT molecular complexity index is 280. The van der Waals surface area contributed by atoms with E-state index in [0.29, 0.717) is 25.8 Å². The van der Waals surface area contributed by atoms with Crippen LogP contribution in [0.1, 0.15) is 46.0 Å². The molecule has 0 saturated heterocycles. The fourth-order valence-corrected chi connectivity index (χ4v) is 2.25. The number of halogens is 2. The minimum Gasteiger partial charge on any atom is -0.351 e. The molecule has 3 N–H and O–H groups in total. The Morgan fingerprint density at radius 1 is 1.53 bits per heavy atom. The van der Waals surface area contributed by atoms with Crippen LogP contribution < -0.4 is 11.1 Å². The molecule has 0 aromatic rings. The molecule has 1 saturated carbocycles. The highest BCUT2D eigenvalue weighted by Crippen LogP contribution is 2.36. The van der Waals surface area contributed by atoms with E-state index in [9.17, 15) is 13.6 Å². The number of alkyl halides is 2. The van der Waals surface area contributed by atoms with Crippen molar-refractivity contribution in [2.45, 2.75) is 57.4 Å². The van der Waals surface area contributed by atoms with Crippen LogP contribution in [0.2, 0.25) is 0 Å². The molecule has 100 valence electrons. The predicted octanol–water partition coefficient (Wildman–Crippen LogP) is 2.06. The summed E-state index contributed by atoms with van der Waals surface area (Å²) in [5, 5.41) is 2.81. The Hall–Kier alpha value is -0.710. The second-order valence-electron chi connectivity index (χ2n) is 5.56. The van der Waals surface area contributed by atoms with Crippen molar-refractivity contribution in [1.82, 2.24) is 5.32 Å². The topological polar surface area (TPSA) is 55.1 Å². The van der Waals surface area contributed by atoms with Gasteiger partial charge in [-0.1, -0.05) is 0 Å². The Balaban J connectivity index is 2.53. The van der Waals surface area contributed by atoms with Crippen LogP contribution in [0.3, 0.4) is 0 Å². The molecule has 17 heavy (non-hydrogen) atoms. The smallest absolute Gasteiger partial charge is 0.248 e. The summed E-state index contributed by atoms with van der Waals surface area (Å²) in [6, 6.07) is 0. The van der Waals surface area contributed by atoms with E-state index in [-0.39, 0.29) is 18.7 Å². The first-order chi connectivity index (χ1) is 7.76. The van der Waals surface area contributed by atoms with Gasteiger partial charge < -0.3 is 11.1 Å². The highest BCUT2D eigenvalue weighted by molar-refractivity contribution is 5.79. The van der Waals surface area contributed by atoms with E-state index in [4.69, 9.17) is 5.73 Å². The molecule has 1 aliphatic carbocycles. The van der Waals surface area contributed by atoms with Crippen molar-refractivity contribution in [3.8, 4) is 0 Å². The van der Waals surface area contributed by atoms with Crippen molar-refractivity contribution in [2.24, 2.45) is 11.7 Å². The number of hydrogen-bond acceptors (Lipinski definition) is 2. The summed E-state index contributed by atoms with van der Waals surface area (Å²) in [5.41, 5.74) is 5.02. The van der Waals surface area contributed by atoms with Gasteiger partial charge in [-0.3, -0.25) is 4.79 Å². The Morgan fingerprint density at radius 2 is 2.18 bits per heavy atom. The highest BCUT2D eigenvalue weighted by atomic mass is 19.3. The Kier molecular flexibility index (Phi) is 4.47. The number of hydrogen-bond donors (Lipinski definition) is 2. The molecule has 0 heterocycles. The maximum atomic E-state index is 13.2. The number of rotatable bonds is 4. The Morgan fingerprint density at radius 3 is 2.71 bits per heavy atom. The molecule has 1 fully saturated rings. The first kappa shape index (κ1) is 14.4. The SMILES string of the molecule is CC(C)(CCN)NC(=O)C1CCCC(F)(F)C1. The van der Waals surface area contributed by atoms with Crippen LogP contribution in [-0.2, 0) is 4.79 Å². The van der Waals surface area contributed by atoms with Gasteiger partial charge in [0.1, 0.15) is 0 Å². The Labute approximate surface area is 101 Å². The summed E-state index contributed by atoms with van der Waals surface area (Å²) >= 11 is 0. The van der Waals surface area contributed by atoms with Crippen LogP contribution in [0.5, 0.6) is 0 Å². The zero-order valence-corrected chi connectivity index (χ0v) is 10.6. The van der Waals surface area contributed by atoms with Crippen molar-refractivity contribution >= 4 is 5.91 Å². The quantitative estimate of drug-likeness (QED) is 0.800. The van der Waals surface area contributed by atoms with E-state index in [1.165, 1.54) is 0 Å². The predicted molar refractivity (Wildman–Crippen MR) is 62.8 cm³/mol. The minimum absolute atomic E-state index is 0.0943. The van der Waals surface area contributed by atoms with E-state index in [1.54, 1.807) is 0 Å². The first-order valence-electron chi connectivity index (χ1n) is 6.16. The molecular formula is C12H22F2N2O. The summed E-state index contributed by atoms with van der Waals surface area (Å²) in [5.74, 6) is -3.50. The fourth-order valence-electron chi connectivity index (χ4n) is 2.25. The van der Waals surface area contributed by atoms with E-state index >= 15 is 0 Å². The highest BCUT2D eigenvalue weighted by Gasteiger charge is 2.39. The average molecular weight is 248 g/mol. The summed E-state index contributed by atoms with van der Waals surface area (Å²) in [6.07, 6.45) is 1.20. The van der Waals surface area contributed by atoms with Gasteiger partial charge in [0.05, 0.1) is 0 Å². The van der Waals surface area contributed by atoms with Crippen LogP contribution in [0, 0.1) is 5.92 Å². The van der Waals surface area contributed by atoms with E-state index in [2.05, 4.69) is 5.32 Å². The van der Waals surface area contributed by atoms with Crippen molar-refractivity contribution in [3.05, 3.63) is 0 Å². The molecule has 0 spiro atoms. The standard InChI is InChI=1S/C12H22F2N2O/c1-11(2,6-7-15)16-10(17)9-4-3-5-12(13,14)8-9/h9H,3-8,15H2,1-2H3,(H,16,17). The van der Waals surface area contributed by atoms with Crippen LogP contribution in [-0.4, -0.2) is 23.9 Å². The third kappa shape index (κ3) is 4.58. The van der Waals surface area contributed by atoms with Gasteiger partial charge in [0.15, 0.2) is 0 Å². The molecule has 1 aliphatic rings. The van der Waals surface area contributed by atoms with E-state index < -0.39 is 17.4 Å². The lowest BCUT2D eigenvalue weighted by molar-refractivity contribution is -0.133. The molecule has 0 aromatic heterocycles. The summed E-state index contributed by atoms with van der Waals surface area (Å²) in [4.78, 5) is 11.9. The van der Waals surface area contributed by atoms with Crippen LogP contribution in [0.15, 0.2) is 0 Å². The third-order valence-electron chi connectivity index (χ3n) is 3.24. The molecule has 1 rings (SSSR count). The fraction of sp³-hybridized carbons (Fsp3) is 0.917. The molecular weight excluding hydrogens is 226 g/mol. The lowest BCUT2D eigenvalue weighted by Crippen LogP contribution is -2.48. The van der Waals surface area contributed by atoms with Gasteiger partial charge in [0.2, 0.25) is 11.8 Å². The summed E-state index contributed by atoms with van der Waals surface area (Å²) in [6.45, 7) is 4.19. The second kappa shape index (κ2) is 5.29. The van der Waals surface area contributed by atoms with Crippen LogP contribution in [0.25, 0.3) is 0 Å². The van der Waals surface area contributed by atoms with Gasteiger partial charge in [0, 0.05) is 24.3 Å². The molecule has 1 unspecified atom stereocenters. The molecule has 1 amide bonds. The van der Waals surface area contributed by atoms with Gasteiger partial charge in [-0.25, -0.2) is 8.78 Å². The molecule has 0 bridgehead atoms.